The Morgan fingerprint density at radius 1 is 1.35 bits per heavy atom. The summed E-state index contributed by atoms with van der Waals surface area (Å²) in [7, 11) is 1.64. The third-order valence-electron chi connectivity index (χ3n) is 3.44. The zero-order valence-corrected chi connectivity index (χ0v) is 14.1. The molecule has 2 aromatic heterocycles. The molecule has 118 valence electrons. The molecule has 0 saturated heterocycles. The molecular formula is C16H15BrN4O2. The van der Waals surface area contributed by atoms with E-state index < -0.39 is 0 Å². The second-order valence-electron chi connectivity index (χ2n) is 4.92. The molecular weight excluding hydrogens is 360 g/mol. The first kappa shape index (κ1) is 15.5. The van der Waals surface area contributed by atoms with Gasteiger partial charge in [0.1, 0.15) is 11.3 Å². The van der Waals surface area contributed by atoms with Crippen molar-refractivity contribution in [3.63, 3.8) is 0 Å². The van der Waals surface area contributed by atoms with Gasteiger partial charge in [0.25, 0.3) is 5.91 Å². The van der Waals surface area contributed by atoms with Crippen LogP contribution >= 0.6 is 15.9 Å². The number of hydrogen-bond donors (Lipinski definition) is 1. The lowest BCUT2D eigenvalue weighted by atomic mass is 10.1. The summed E-state index contributed by atoms with van der Waals surface area (Å²) in [5.41, 5.74) is 2.04. The minimum atomic E-state index is -0.190. The molecule has 0 radical (unpaired) electrons. The van der Waals surface area contributed by atoms with Gasteiger partial charge >= 0.3 is 0 Å². The second-order valence-corrected chi connectivity index (χ2v) is 5.83. The van der Waals surface area contributed by atoms with Crippen LogP contribution in [0.2, 0.25) is 0 Å². The van der Waals surface area contributed by atoms with E-state index in [9.17, 15) is 4.79 Å². The number of nitrogens with one attached hydrogen (secondary N) is 1. The van der Waals surface area contributed by atoms with Gasteiger partial charge < -0.3 is 10.1 Å². The fourth-order valence-electron chi connectivity index (χ4n) is 2.33. The molecule has 7 heteroatoms. The quantitative estimate of drug-likeness (QED) is 0.744. The van der Waals surface area contributed by atoms with Gasteiger partial charge in [-0.15, -0.1) is 0 Å². The Balaban J connectivity index is 1.67. The van der Waals surface area contributed by atoms with E-state index in [1.54, 1.807) is 24.0 Å². The highest BCUT2D eigenvalue weighted by Gasteiger charge is 2.13. The van der Waals surface area contributed by atoms with Gasteiger partial charge in [-0.2, -0.15) is 5.10 Å². The Kier molecular flexibility index (Phi) is 4.57. The number of ether oxygens (including phenoxy) is 1. The van der Waals surface area contributed by atoms with E-state index in [1.807, 2.05) is 24.3 Å². The second kappa shape index (κ2) is 6.78. The average Bonchev–Trinajstić information content (AvgIpc) is 2.98. The number of methoxy groups -OCH3 is 1. The van der Waals surface area contributed by atoms with E-state index in [1.165, 1.54) is 6.20 Å². The molecule has 0 aliphatic carbocycles. The van der Waals surface area contributed by atoms with Crippen LogP contribution in [0, 0.1) is 0 Å². The van der Waals surface area contributed by atoms with Crippen LogP contribution in [0.5, 0.6) is 5.75 Å². The van der Waals surface area contributed by atoms with Crippen molar-refractivity contribution in [1.82, 2.24) is 19.9 Å². The summed E-state index contributed by atoms with van der Waals surface area (Å²) in [4.78, 5) is 16.5. The predicted molar refractivity (Wildman–Crippen MR) is 89.7 cm³/mol. The van der Waals surface area contributed by atoms with Gasteiger partial charge in [-0.05, 0) is 34.0 Å². The van der Waals surface area contributed by atoms with Gasteiger partial charge in [0, 0.05) is 18.9 Å². The summed E-state index contributed by atoms with van der Waals surface area (Å²) in [5.74, 6) is 0.633. The van der Waals surface area contributed by atoms with E-state index in [2.05, 4.69) is 31.3 Å². The molecule has 0 aliphatic heterocycles. The Morgan fingerprint density at radius 2 is 2.17 bits per heavy atom. The molecule has 1 N–H and O–H groups in total. The van der Waals surface area contributed by atoms with Crippen molar-refractivity contribution in [2.24, 2.45) is 0 Å². The van der Waals surface area contributed by atoms with Crippen molar-refractivity contribution in [3.05, 3.63) is 58.5 Å². The first-order chi connectivity index (χ1) is 11.2. The molecule has 0 fully saturated rings. The zero-order chi connectivity index (χ0) is 16.2. The molecule has 0 aliphatic rings. The molecule has 3 aromatic rings. The van der Waals surface area contributed by atoms with Crippen molar-refractivity contribution in [2.75, 3.05) is 13.7 Å². The minimum Gasteiger partial charge on any atom is -0.496 e. The Morgan fingerprint density at radius 3 is 3.00 bits per heavy atom. The standard InChI is InChI=1S/C16H15BrN4O2/c1-23-14-5-3-2-4-11(14)6-7-18-16(22)13-9-20-21-10-12(17)8-19-15(13)21/h2-5,8-10H,6-7H2,1H3,(H,18,22). The van der Waals surface area contributed by atoms with Crippen LogP contribution < -0.4 is 10.1 Å². The van der Waals surface area contributed by atoms with Crippen LogP contribution in [0.1, 0.15) is 15.9 Å². The van der Waals surface area contributed by atoms with Crippen LogP contribution in [-0.2, 0) is 6.42 Å². The molecule has 0 saturated carbocycles. The van der Waals surface area contributed by atoms with Crippen LogP contribution in [0.15, 0.2) is 47.3 Å². The Labute approximate surface area is 141 Å². The maximum Gasteiger partial charge on any atom is 0.256 e. The zero-order valence-electron chi connectivity index (χ0n) is 12.5. The number of carbonyl (C=O) groups excluding carboxylic acids is 1. The highest BCUT2D eigenvalue weighted by atomic mass is 79.9. The molecule has 3 rings (SSSR count). The Bertz CT molecular complexity index is 847. The monoisotopic (exact) mass is 374 g/mol. The van der Waals surface area contributed by atoms with Gasteiger partial charge in [0.15, 0.2) is 5.65 Å². The van der Waals surface area contributed by atoms with E-state index in [0.29, 0.717) is 24.2 Å². The number of amides is 1. The lowest BCUT2D eigenvalue weighted by molar-refractivity contribution is 0.0955. The molecule has 6 nitrogen and oxygen atoms in total. The molecule has 23 heavy (non-hydrogen) atoms. The molecule has 1 aromatic carbocycles. The van der Waals surface area contributed by atoms with Crippen molar-refractivity contribution in [2.45, 2.75) is 6.42 Å². The van der Waals surface area contributed by atoms with Gasteiger partial charge in [0.05, 0.1) is 17.8 Å². The minimum absolute atomic E-state index is 0.190. The van der Waals surface area contributed by atoms with Crippen LogP contribution in [0.4, 0.5) is 0 Å². The third kappa shape index (κ3) is 3.34. The number of nitrogens with zero attached hydrogens (tertiary/aromatic N) is 3. The summed E-state index contributed by atoms with van der Waals surface area (Å²) in [5, 5.41) is 7.03. The number of fused-ring (bicyclic) bond motifs is 1. The van der Waals surface area contributed by atoms with Crippen molar-refractivity contribution in [1.29, 1.82) is 0 Å². The summed E-state index contributed by atoms with van der Waals surface area (Å²) < 4.78 is 7.67. The normalized spacial score (nSPS) is 10.7. The third-order valence-corrected chi connectivity index (χ3v) is 3.85. The van der Waals surface area contributed by atoms with Gasteiger partial charge in [0.2, 0.25) is 0 Å². The molecule has 2 heterocycles. The number of aromatic nitrogens is 3. The summed E-state index contributed by atoms with van der Waals surface area (Å²) >= 11 is 3.32. The number of benzene rings is 1. The fraction of sp³-hybridized carbons (Fsp3) is 0.188. The fourth-order valence-corrected chi connectivity index (χ4v) is 2.62. The molecule has 1 amide bonds. The smallest absolute Gasteiger partial charge is 0.256 e. The molecule has 0 spiro atoms. The molecule has 0 atom stereocenters. The van der Waals surface area contributed by atoms with Crippen LogP contribution in [0.25, 0.3) is 5.65 Å². The topological polar surface area (TPSA) is 68.5 Å². The van der Waals surface area contributed by atoms with E-state index >= 15 is 0 Å². The average molecular weight is 375 g/mol. The lowest BCUT2D eigenvalue weighted by Gasteiger charge is -2.08. The first-order valence-corrected chi connectivity index (χ1v) is 7.87. The number of carbonyl (C=O) groups is 1. The number of hydrogen-bond acceptors (Lipinski definition) is 4. The van der Waals surface area contributed by atoms with Gasteiger partial charge in [-0.3, -0.25) is 4.79 Å². The maximum atomic E-state index is 12.3. The van der Waals surface area contributed by atoms with Crippen molar-refractivity contribution < 1.29 is 9.53 Å². The summed E-state index contributed by atoms with van der Waals surface area (Å²) in [6, 6.07) is 7.76. The number of rotatable bonds is 5. The highest BCUT2D eigenvalue weighted by molar-refractivity contribution is 9.10. The van der Waals surface area contributed by atoms with E-state index in [-0.39, 0.29) is 5.91 Å². The summed E-state index contributed by atoms with van der Waals surface area (Å²) in [6.45, 7) is 0.507. The largest absolute Gasteiger partial charge is 0.496 e. The van der Waals surface area contributed by atoms with Crippen molar-refractivity contribution >= 4 is 27.5 Å². The maximum absolute atomic E-state index is 12.3. The lowest BCUT2D eigenvalue weighted by Crippen LogP contribution is -2.25. The Hall–Kier alpha value is -2.41. The van der Waals surface area contributed by atoms with Crippen LogP contribution in [-0.4, -0.2) is 34.2 Å². The highest BCUT2D eigenvalue weighted by Crippen LogP contribution is 2.17. The SMILES string of the molecule is COc1ccccc1CCNC(=O)c1cnn2cc(Br)cnc12. The van der Waals surface area contributed by atoms with Gasteiger partial charge in [-0.25, -0.2) is 9.50 Å². The summed E-state index contributed by atoms with van der Waals surface area (Å²) in [6.07, 6.45) is 5.61. The predicted octanol–water partition coefficient (Wildman–Crippen LogP) is 2.47. The van der Waals surface area contributed by atoms with E-state index in [4.69, 9.17) is 4.74 Å². The number of para-hydroxylation sites is 1. The van der Waals surface area contributed by atoms with Crippen molar-refractivity contribution in [3.8, 4) is 5.75 Å². The van der Waals surface area contributed by atoms with E-state index in [0.717, 1.165) is 15.8 Å². The van der Waals surface area contributed by atoms with Gasteiger partial charge in [-0.1, -0.05) is 18.2 Å². The number of halogens is 1. The molecule has 0 bridgehead atoms. The first-order valence-electron chi connectivity index (χ1n) is 7.08. The molecule has 0 unspecified atom stereocenters. The van der Waals surface area contributed by atoms with Crippen LogP contribution in [0.3, 0.4) is 0 Å².